The molecule has 0 atom stereocenters. The zero-order valence-electron chi connectivity index (χ0n) is 13.6. The van der Waals surface area contributed by atoms with Crippen LogP contribution in [0.15, 0.2) is 23.1 Å². The summed E-state index contributed by atoms with van der Waals surface area (Å²) in [6, 6.07) is 4.94. The molecule has 0 radical (unpaired) electrons. The molecule has 1 N–H and O–H groups in total. The highest BCUT2D eigenvalue weighted by Crippen LogP contribution is 2.29. The number of benzene rings is 1. The molecule has 0 bridgehead atoms. The Morgan fingerprint density at radius 1 is 1.16 bits per heavy atom. The predicted octanol–water partition coefficient (Wildman–Crippen LogP) is 3.85. The van der Waals surface area contributed by atoms with Crippen LogP contribution >= 0.6 is 35.0 Å². The molecule has 1 fully saturated rings. The van der Waals surface area contributed by atoms with Crippen molar-refractivity contribution in [3.8, 4) is 0 Å². The second-order valence-corrected chi connectivity index (χ2v) is 7.63. The number of hydrogen-bond donors (Lipinski definition) is 1. The summed E-state index contributed by atoms with van der Waals surface area (Å²) in [5, 5.41) is 3.29. The van der Waals surface area contributed by atoms with Gasteiger partial charge in [0.2, 0.25) is 5.91 Å². The third-order valence-corrected chi connectivity index (χ3v) is 5.55. The lowest BCUT2D eigenvalue weighted by Gasteiger charge is -2.20. The first kappa shape index (κ1) is 20.1. The Labute approximate surface area is 160 Å². The Kier molecular flexibility index (Phi) is 8.06. The average Bonchev–Trinajstić information content (AvgIpc) is 2.61. The Bertz CT molecular complexity index is 648. The van der Waals surface area contributed by atoms with Gasteiger partial charge in [-0.3, -0.25) is 19.7 Å². The van der Waals surface area contributed by atoms with Crippen LogP contribution in [0.25, 0.3) is 0 Å². The van der Waals surface area contributed by atoms with Gasteiger partial charge >= 0.3 is 5.97 Å². The zero-order chi connectivity index (χ0) is 18.2. The van der Waals surface area contributed by atoms with E-state index in [0.29, 0.717) is 14.9 Å². The highest BCUT2D eigenvalue weighted by molar-refractivity contribution is 8.00. The van der Waals surface area contributed by atoms with E-state index in [1.165, 1.54) is 11.8 Å². The van der Waals surface area contributed by atoms with Crippen molar-refractivity contribution in [3.63, 3.8) is 0 Å². The summed E-state index contributed by atoms with van der Waals surface area (Å²) in [6.45, 7) is -0.471. The summed E-state index contributed by atoms with van der Waals surface area (Å²) < 4.78 is 4.88. The molecule has 2 amide bonds. The van der Waals surface area contributed by atoms with Gasteiger partial charge in [-0.1, -0.05) is 42.5 Å². The van der Waals surface area contributed by atoms with E-state index in [0.717, 1.165) is 32.1 Å². The van der Waals surface area contributed by atoms with Gasteiger partial charge in [0.1, 0.15) is 0 Å². The van der Waals surface area contributed by atoms with Gasteiger partial charge in [-0.15, -0.1) is 11.8 Å². The van der Waals surface area contributed by atoms with Crippen LogP contribution < -0.4 is 5.32 Å². The number of hydrogen-bond acceptors (Lipinski definition) is 5. The Morgan fingerprint density at radius 2 is 1.88 bits per heavy atom. The summed E-state index contributed by atoms with van der Waals surface area (Å²) >= 11 is 13.0. The first-order valence-corrected chi connectivity index (χ1v) is 9.77. The molecule has 2 rings (SSSR count). The fraction of sp³-hybridized carbons (Fsp3) is 0.471. The van der Waals surface area contributed by atoms with E-state index in [1.807, 2.05) is 0 Å². The van der Waals surface area contributed by atoms with E-state index in [4.69, 9.17) is 27.9 Å². The van der Waals surface area contributed by atoms with Gasteiger partial charge in [-0.2, -0.15) is 0 Å². The van der Waals surface area contributed by atoms with Gasteiger partial charge in [-0.25, -0.2) is 0 Å². The van der Waals surface area contributed by atoms with Crippen LogP contribution in [-0.2, 0) is 19.1 Å². The number of carbonyl (C=O) groups excluding carboxylic acids is 3. The molecule has 1 aliphatic carbocycles. The zero-order valence-corrected chi connectivity index (χ0v) is 15.9. The molecular weight excluding hydrogens is 385 g/mol. The lowest BCUT2D eigenvalue weighted by molar-refractivity contribution is -0.147. The quantitative estimate of drug-likeness (QED) is 0.576. The summed E-state index contributed by atoms with van der Waals surface area (Å²) in [7, 11) is 0. The van der Waals surface area contributed by atoms with Gasteiger partial charge in [0.15, 0.2) is 6.61 Å². The molecule has 1 aromatic carbocycles. The third kappa shape index (κ3) is 6.88. The van der Waals surface area contributed by atoms with E-state index in [9.17, 15) is 14.4 Å². The molecule has 0 heterocycles. The molecule has 0 saturated heterocycles. The highest BCUT2D eigenvalue weighted by atomic mass is 35.5. The first-order valence-electron chi connectivity index (χ1n) is 8.03. The standard InChI is InChI=1S/C17H19Cl2NO4S/c18-12-6-7-13(19)14(8-12)25-10-16(22)24-9-15(21)20-17(23)11-4-2-1-3-5-11/h6-8,11H,1-5,9-10H2,(H,20,21,23). The highest BCUT2D eigenvalue weighted by Gasteiger charge is 2.23. The maximum Gasteiger partial charge on any atom is 0.316 e. The molecule has 0 unspecified atom stereocenters. The van der Waals surface area contributed by atoms with Crippen molar-refractivity contribution < 1.29 is 19.1 Å². The number of esters is 1. The van der Waals surface area contributed by atoms with Crippen molar-refractivity contribution in [2.24, 2.45) is 5.92 Å². The maximum atomic E-state index is 11.9. The minimum absolute atomic E-state index is 0.0100. The van der Waals surface area contributed by atoms with Gasteiger partial charge in [0.25, 0.3) is 5.91 Å². The molecule has 1 aromatic rings. The first-order chi connectivity index (χ1) is 12.0. The largest absolute Gasteiger partial charge is 0.455 e. The number of carbonyl (C=O) groups is 3. The second kappa shape index (κ2) is 10.0. The van der Waals surface area contributed by atoms with Gasteiger partial charge in [-0.05, 0) is 31.0 Å². The number of rotatable bonds is 6. The van der Waals surface area contributed by atoms with Gasteiger partial charge < -0.3 is 4.74 Å². The molecule has 5 nitrogen and oxygen atoms in total. The lowest BCUT2D eigenvalue weighted by atomic mass is 9.89. The van der Waals surface area contributed by atoms with Crippen LogP contribution in [0.1, 0.15) is 32.1 Å². The SMILES string of the molecule is O=C(COC(=O)CSc1cc(Cl)ccc1Cl)NC(=O)C1CCCCC1. The summed E-state index contributed by atoms with van der Waals surface area (Å²) in [5.41, 5.74) is 0. The van der Waals surface area contributed by atoms with Crippen molar-refractivity contribution in [1.29, 1.82) is 0 Å². The van der Waals surface area contributed by atoms with Crippen molar-refractivity contribution in [2.45, 2.75) is 37.0 Å². The smallest absolute Gasteiger partial charge is 0.316 e. The van der Waals surface area contributed by atoms with Crippen molar-refractivity contribution in [1.82, 2.24) is 5.32 Å². The van der Waals surface area contributed by atoms with Gasteiger partial charge in [0.05, 0.1) is 10.8 Å². The average molecular weight is 404 g/mol. The van der Waals surface area contributed by atoms with Crippen molar-refractivity contribution >= 4 is 52.7 Å². The number of nitrogens with one attached hydrogen (secondary N) is 1. The fourth-order valence-electron chi connectivity index (χ4n) is 2.55. The van der Waals surface area contributed by atoms with Crippen LogP contribution in [-0.4, -0.2) is 30.1 Å². The third-order valence-electron chi connectivity index (χ3n) is 3.84. The molecule has 1 saturated carbocycles. The van der Waals surface area contributed by atoms with Crippen LogP contribution in [0, 0.1) is 5.92 Å². The number of ether oxygens (including phenoxy) is 1. The minimum Gasteiger partial charge on any atom is -0.455 e. The number of thioether (sulfide) groups is 1. The van der Waals surface area contributed by atoms with Crippen LogP contribution in [0.4, 0.5) is 0 Å². The number of amides is 2. The number of halogens is 2. The lowest BCUT2D eigenvalue weighted by Crippen LogP contribution is -2.39. The van der Waals surface area contributed by atoms with E-state index >= 15 is 0 Å². The Morgan fingerprint density at radius 3 is 2.60 bits per heavy atom. The maximum absolute atomic E-state index is 11.9. The molecule has 136 valence electrons. The molecule has 0 spiro atoms. The normalized spacial score (nSPS) is 14.8. The monoisotopic (exact) mass is 403 g/mol. The Hall–Kier alpha value is -1.24. The topological polar surface area (TPSA) is 72.5 Å². The summed E-state index contributed by atoms with van der Waals surface area (Å²) in [6.07, 6.45) is 4.74. The minimum atomic E-state index is -0.602. The molecule has 0 aliphatic heterocycles. The second-order valence-electron chi connectivity index (χ2n) is 5.77. The molecule has 1 aliphatic rings. The van der Waals surface area contributed by atoms with E-state index in [2.05, 4.69) is 5.32 Å². The Balaban J connectivity index is 1.69. The summed E-state index contributed by atoms with van der Waals surface area (Å²) in [4.78, 5) is 36.0. The molecular formula is C17H19Cl2NO4S. The number of imide groups is 1. The van der Waals surface area contributed by atoms with Crippen molar-refractivity contribution in [3.05, 3.63) is 28.2 Å². The molecule has 25 heavy (non-hydrogen) atoms. The van der Waals surface area contributed by atoms with Crippen molar-refractivity contribution in [2.75, 3.05) is 12.4 Å². The van der Waals surface area contributed by atoms with Crippen LogP contribution in [0.5, 0.6) is 0 Å². The summed E-state index contributed by atoms with van der Waals surface area (Å²) in [5.74, 6) is -1.57. The van der Waals surface area contributed by atoms with Gasteiger partial charge in [0, 0.05) is 15.8 Å². The molecule has 0 aromatic heterocycles. The van der Waals surface area contributed by atoms with E-state index in [1.54, 1.807) is 18.2 Å². The van der Waals surface area contributed by atoms with E-state index in [-0.39, 0.29) is 17.6 Å². The fourth-order valence-corrected chi connectivity index (χ4v) is 3.84. The van der Waals surface area contributed by atoms with Crippen LogP contribution in [0.2, 0.25) is 10.0 Å². The molecule has 8 heteroatoms. The van der Waals surface area contributed by atoms with Crippen LogP contribution in [0.3, 0.4) is 0 Å². The van der Waals surface area contributed by atoms with E-state index < -0.39 is 18.5 Å². The predicted molar refractivity (Wildman–Crippen MR) is 97.9 cm³/mol.